The van der Waals surface area contributed by atoms with Gasteiger partial charge in [-0.05, 0) is 57.1 Å². The van der Waals surface area contributed by atoms with E-state index in [2.05, 4.69) is 58.5 Å². The average Bonchev–Trinajstić information content (AvgIpc) is 3.04. The van der Waals surface area contributed by atoms with E-state index in [-0.39, 0.29) is 5.92 Å². The first-order valence-corrected chi connectivity index (χ1v) is 14.6. The number of carboxylic acids is 3. The minimum Gasteiger partial charge on any atom is -0.505 e. The molecule has 10 nitrogen and oxygen atoms in total. The number of aromatic hydroxyl groups is 1. The van der Waals surface area contributed by atoms with Crippen LogP contribution in [0, 0.1) is 0 Å². The number of likely N-dealkylation sites (tertiary alicyclic amines) is 1. The zero-order chi connectivity index (χ0) is 38.3. The maximum atomic E-state index is 11.0. The minimum atomic E-state index is -5.08. The molecule has 1 atom stereocenters. The van der Waals surface area contributed by atoms with Gasteiger partial charge >= 0.3 is 36.4 Å². The highest BCUT2D eigenvalue weighted by Crippen LogP contribution is 2.37. The SMILES string of the molecule is CCN1CCC(NCCC(c2ccccc2)c2ccc3cccnc3c2O)CC1.O=C(O)C(F)(F)F.O=C(O)C(F)(F)F.O=C(O)C(F)(F)F. The lowest BCUT2D eigenvalue weighted by atomic mass is 9.87. The molecular weight excluding hydrogens is 697 g/mol. The molecule has 1 aliphatic rings. The van der Waals surface area contributed by atoms with Gasteiger partial charge in [0.05, 0.1) is 0 Å². The second-order valence-electron chi connectivity index (χ2n) is 10.4. The van der Waals surface area contributed by atoms with Crippen LogP contribution in [0.2, 0.25) is 0 Å². The molecule has 50 heavy (non-hydrogen) atoms. The Hall–Kier alpha value is -4.65. The number of alkyl halides is 9. The molecule has 0 aliphatic carbocycles. The number of halogens is 9. The lowest BCUT2D eigenvalue weighted by Gasteiger charge is -2.32. The molecule has 19 heteroatoms. The van der Waals surface area contributed by atoms with Gasteiger partial charge in [0, 0.05) is 29.1 Å². The summed E-state index contributed by atoms with van der Waals surface area (Å²) in [7, 11) is 0. The van der Waals surface area contributed by atoms with E-state index in [0.29, 0.717) is 17.3 Å². The zero-order valence-electron chi connectivity index (χ0n) is 26.2. The number of rotatable bonds is 7. The molecule has 1 aromatic heterocycles. The lowest BCUT2D eigenvalue weighted by Crippen LogP contribution is -2.42. The fourth-order valence-electron chi connectivity index (χ4n) is 4.50. The summed E-state index contributed by atoms with van der Waals surface area (Å²) in [5.74, 6) is -7.81. The van der Waals surface area contributed by atoms with E-state index >= 15 is 0 Å². The van der Waals surface area contributed by atoms with Crippen molar-refractivity contribution in [1.82, 2.24) is 15.2 Å². The first-order chi connectivity index (χ1) is 23.1. The van der Waals surface area contributed by atoms with Gasteiger partial charge in [-0.3, -0.25) is 4.98 Å². The van der Waals surface area contributed by atoms with Gasteiger partial charge in [0.1, 0.15) is 11.3 Å². The molecule has 0 radical (unpaired) electrons. The van der Waals surface area contributed by atoms with E-state index in [1.54, 1.807) is 6.20 Å². The van der Waals surface area contributed by atoms with Crippen molar-refractivity contribution in [1.29, 1.82) is 0 Å². The third-order valence-electron chi connectivity index (χ3n) is 6.98. The van der Waals surface area contributed by atoms with Gasteiger partial charge < -0.3 is 30.6 Å². The summed E-state index contributed by atoms with van der Waals surface area (Å²) in [6.45, 7) is 6.71. The smallest absolute Gasteiger partial charge is 0.490 e. The van der Waals surface area contributed by atoms with Gasteiger partial charge in [0.15, 0.2) is 0 Å². The summed E-state index contributed by atoms with van der Waals surface area (Å²) in [6, 6.07) is 19.1. The Kier molecular flexibility index (Phi) is 16.9. The zero-order valence-corrected chi connectivity index (χ0v) is 26.2. The van der Waals surface area contributed by atoms with Crippen LogP contribution in [-0.4, -0.2) is 99.0 Å². The predicted octanol–water partition coefficient (Wildman–Crippen LogP) is 6.44. The van der Waals surface area contributed by atoms with E-state index < -0.39 is 36.4 Å². The summed E-state index contributed by atoms with van der Waals surface area (Å²) >= 11 is 0. The maximum Gasteiger partial charge on any atom is 0.490 e. The summed E-state index contributed by atoms with van der Waals surface area (Å²) in [5.41, 5.74) is 2.89. The Morgan fingerprint density at radius 1 is 0.800 bits per heavy atom. The van der Waals surface area contributed by atoms with Crippen molar-refractivity contribution in [3.05, 3.63) is 71.9 Å². The van der Waals surface area contributed by atoms with Gasteiger partial charge in [0.2, 0.25) is 0 Å². The first-order valence-electron chi connectivity index (χ1n) is 14.6. The van der Waals surface area contributed by atoms with Gasteiger partial charge in [-0.2, -0.15) is 39.5 Å². The number of phenolic OH excluding ortho intramolecular Hbond substituents is 1. The number of aromatic nitrogens is 1. The van der Waals surface area contributed by atoms with Gasteiger partial charge in [0.25, 0.3) is 0 Å². The van der Waals surface area contributed by atoms with Crippen LogP contribution in [0.4, 0.5) is 39.5 Å². The fraction of sp³-hybridized carbons (Fsp3) is 0.419. The van der Waals surface area contributed by atoms with Crippen LogP contribution in [0.3, 0.4) is 0 Å². The quantitative estimate of drug-likeness (QED) is 0.171. The molecule has 278 valence electrons. The van der Waals surface area contributed by atoms with E-state index in [9.17, 15) is 44.6 Å². The first kappa shape index (κ1) is 43.4. The summed E-state index contributed by atoms with van der Waals surface area (Å²) in [4.78, 5) is 33.6. The van der Waals surface area contributed by atoms with Crippen molar-refractivity contribution in [2.45, 2.75) is 56.7 Å². The molecule has 1 saturated heterocycles. The largest absolute Gasteiger partial charge is 0.505 e. The Labute approximate surface area is 279 Å². The Morgan fingerprint density at radius 2 is 1.28 bits per heavy atom. The number of aliphatic carboxylic acids is 3. The third-order valence-corrected chi connectivity index (χ3v) is 6.98. The van der Waals surface area contributed by atoms with Crippen molar-refractivity contribution >= 4 is 28.8 Å². The molecule has 2 aromatic carbocycles. The molecule has 0 bridgehead atoms. The summed E-state index contributed by atoms with van der Waals surface area (Å²) < 4.78 is 95.2. The molecule has 1 unspecified atom stereocenters. The number of carboxylic acid groups (broad SMARTS) is 3. The Balaban J connectivity index is 0.000000486. The highest BCUT2D eigenvalue weighted by Gasteiger charge is 2.39. The van der Waals surface area contributed by atoms with Gasteiger partial charge in [-0.1, -0.05) is 55.5 Å². The molecular formula is C31H34F9N3O7. The van der Waals surface area contributed by atoms with Crippen LogP contribution in [0.15, 0.2) is 60.8 Å². The Bertz CT molecular complexity index is 1450. The van der Waals surface area contributed by atoms with Crippen LogP contribution in [0.25, 0.3) is 10.9 Å². The second-order valence-corrected chi connectivity index (χ2v) is 10.4. The number of hydrogen-bond acceptors (Lipinski definition) is 7. The Morgan fingerprint density at radius 3 is 1.72 bits per heavy atom. The van der Waals surface area contributed by atoms with Crippen molar-refractivity contribution in [2.24, 2.45) is 0 Å². The highest BCUT2D eigenvalue weighted by molar-refractivity contribution is 5.85. The molecule has 1 aliphatic heterocycles. The third kappa shape index (κ3) is 15.3. The number of pyridine rings is 1. The van der Waals surface area contributed by atoms with Crippen LogP contribution in [-0.2, 0) is 14.4 Å². The fourth-order valence-corrected chi connectivity index (χ4v) is 4.50. The molecule has 0 amide bonds. The highest BCUT2D eigenvalue weighted by atomic mass is 19.4. The van der Waals surface area contributed by atoms with Crippen LogP contribution < -0.4 is 5.32 Å². The molecule has 0 saturated carbocycles. The number of carbonyl (C=O) groups is 3. The standard InChI is InChI=1S/C25H31N3O.3C2HF3O2/c1-2-28-17-13-21(14-18-28)26-16-12-22(19-7-4-3-5-8-19)23-11-10-20-9-6-15-27-24(20)25(23)29;3*3-2(4,5)1(6)7/h3-11,15,21-22,26,29H,2,12-14,16-18H2,1H3;3*(H,6,7). The van der Waals surface area contributed by atoms with Crippen molar-refractivity contribution in [3.8, 4) is 5.75 Å². The molecule has 3 aromatic rings. The van der Waals surface area contributed by atoms with Gasteiger partial charge in [-0.25, -0.2) is 14.4 Å². The van der Waals surface area contributed by atoms with Crippen molar-refractivity contribution in [3.63, 3.8) is 0 Å². The van der Waals surface area contributed by atoms with Crippen LogP contribution in [0.5, 0.6) is 5.75 Å². The normalized spacial score (nSPS) is 14.5. The van der Waals surface area contributed by atoms with E-state index in [1.165, 1.54) is 31.5 Å². The van der Waals surface area contributed by atoms with Crippen LogP contribution in [0.1, 0.15) is 43.2 Å². The number of nitrogens with one attached hydrogen (secondary N) is 1. The molecule has 5 N–H and O–H groups in total. The maximum absolute atomic E-state index is 11.0. The molecule has 1 fully saturated rings. The number of benzene rings is 2. The number of phenols is 1. The number of fused-ring (bicyclic) bond motifs is 1. The monoisotopic (exact) mass is 731 g/mol. The number of nitrogens with zero attached hydrogens (tertiary/aromatic N) is 2. The second kappa shape index (κ2) is 19.5. The van der Waals surface area contributed by atoms with E-state index in [0.717, 1.165) is 30.5 Å². The average molecular weight is 732 g/mol. The summed E-state index contributed by atoms with van der Waals surface area (Å²) in [6.07, 6.45) is -10.1. The van der Waals surface area contributed by atoms with Crippen LogP contribution >= 0.6 is 0 Å². The van der Waals surface area contributed by atoms with E-state index in [4.69, 9.17) is 29.7 Å². The summed E-state index contributed by atoms with van der Waals surface area (Å²) in [5, 5.41) is 37.1. The van der Waals surface area contributed by atoms with Crippen molar-refractivity contribution in [2.75, 3.05) is 26.2 Å². The molecule has 2 heterocycles. The van der Waals surface area contributed by atoms with Crippen molar-refractivity contribution < 1.29 is 74.3 Å². The number of hydrogen-bond donors (Lipinski definition) is 5. The molecule has 4 rings (SSSR count). The molecule has 0 spiro atoms. The number of piperidine rings is 1. The van der Waals surface area contributed by atoms with Gasteiger partial charge in [-0.15, -0.1) is 0 Å². The lowest BCUT2D eigenvalue weighted by molar-refractivity contribution is -0.193. The van der Waals surface area contributed by atoms with E-state index in [1.807, 2.05) is 18.2 Å². The predicted molar refractivity (Wildman–Crippen MR) is 161 cm³/mol. The topological polar surface area (TPSA) is 160 Å². The minimum absolute atomic E-state index is 0.144.